The molecule has 4 rings (SSSR count). The molecule has 1 N–H and O–H groups in total. The molecule has 0 aliphatic carbocycles. The molecule has 0 saturated heterocycles. The van der Waals surface area contributed by atoms with Gasteiger partial charge in [-0.15, -0.1) is 0 Å². The van der Waals surface area contributed by atoms with Gasteiger partial charge in [-0.1, -0.05) is 26.0 Å². The fraction of sp³-hybridized carbons (Fsp3) is 0.240. The molecule has 0 atom stereocenters. The first-order valence-corrected chi connectivity index (χ1v) is 10.7. The fourth-order valence-corrected chi connectivity index (χ4v) is 3.43. The second kappa shape index (κ2) is 9.68. The molecule has 3 aromatic heterocycles. The van der Waals surface area contributed by atoms with Gasteiger partial charge in [0.15, 0.2) is 0 Å². The molecule has 1 amide bonds. The Bertz CT molecular complexity index is 1270. The maximum absolute atomic E-state index is 14.7. The molecule has 0 fully saturated rings. The Morgan fingerprint density at radius 2 is 1.85 bits per heavy atom. The molecular formula is C25H25FN6O. The van der Waals surface area contributed by atoms with Crippen LogP contribution in [-0.4, -0.2) is 30.6 Å². The average molecular weight is 445 g/mol. The Labute approximate surface area is 191 Å². The number of rotatable bonds is 7. The lowest BCUT2D eigenvalue weighted by molar-refractivity contribution is -0.115. The molecule has 3 heterocycles. The van der Waals surface area contributed by atoms with Crippen LogP contribution in [0.4, 0.5) is 10.1 Å². The van der Waals surface area contributed by atoms with E-state index in [1.807, 2.05) is 33.2 Å². The number of benzene rings is 1. The van der Waals surface area contributed by atoms with E-state index in [-0.39, 0.29) is 18.2 Å². The van der Waals surface area contributed by atoms with Crippen molar-refractivity contribution in [3.8, 4) is 11.1 Å². The highest BCUT2D eigenvalue weighted by molar-refractivity contribution is 5.92. The molecule has 33 heavy (non-hydrogen) atoms. The second-order valence-corrected chi connectivity index (χ2v) is 8.24. The van der Waals surface area contributed by atoms with E-state index in [2.05, 4.69) is 25.4 Å². The van der Waals surface area contributed by atoms with Gasteiger partial charge >= 0.3 is 0 Å². The summed E-state index contributed by atoms with van der Waals surface area (Å²) in [6, 6.07) is 8.36. The van der Waals surface area contributed by atoms with Crippen LogP contribution < -0.4 is 5.32 Å². The Morgan fingerprint density at radius 1 is 1.06 bits per heavy atom. The van der Waals surface area contributed by atoms with Crippen LogP contribution in [0.25, 0.3) is 11.1 Å². The quantitative estimate of drug-likeness (QED) is 0.459. The molecule has 0 spiro atoms. The van der Waals surface area contributed by atoms with Gasteiger partial charge in [-0.2, -0.15) is 5.10 Å². The summed E-state index contributed by atoms with van der Waals surface area (Å²) in [6.07, 6.45) is 9.22. The summed E-state index contributed by atoms with van der Waals surface area (Å²) in [7, 11) is 1.86. The van der Waals surface area contributed by atoms with Crippen molar-refractivity contribution in [3.63, 3.8) is 0 Å². The van der Waals surface area contributed by atoms with E-state index in [0.717, 1.165) is 11.3 Å². The van der Waals surface area contributed by atoms with E-state index in [9.17, 15) is 9.18 Å². The van der Waals surface area contributed by atoms with Crippen LogP contribution in [-0.2, 0) is 24.7 Å². The standard InChI is InChI=1S/C25H25FN6O/c1-16(2)23-11-21(6-7-27-23)31-25(33)10-19-5-4-18(9-22(19)26)20-13-28-24(29-14-20)8-17-12-30-32(3)15-17/h4-7,9,11-16H,8,10H2,1-3H3,(H,27,31,33). The van der Waals surface area contributed by atoms with E-state index in [4.69, 9.17) is 0 Å². The monoisotopic (exact) mass is 444 g/mol. The molecule has 8 heteroatoms. The summed E-state index contributed by atoms with van der Waals surface area (Å²) in [4.78, 5) is 25.5. The normalized spacial score (nSPS) is 11.1. The highest BCUT2D eigenvalue weighted by Gasteiger charge is 2.12. The molecule has 1 aromatic carbocycles. The van der Waals surface area contributed by atoms with Crippen molar-refractivity contribution in [1.82, 2.24) is 24.7 Å². The van der Waals surface area contributed by atoms with Crippen molar-refractivity contribution >= 4 is 11.6 Å². The van der Waals surface area contributed by atoms with Crippen LogP contribution in [0.15, 0.2) is 61.3 Å². The summed E-state index contributed by atoms with van der Waals surface area (Å²) < 4.78 is 16.5. The van der Waals surface area contributed by atoms with Gasteiger partial charge in [-0.05, 0) is 40.8 Å². The summed E-state index contributed by atoms with van der Waals surface area (Å²) in [6.45, 7) is 4.06. The van der Waals surface area contributed by atoms with Crippen LogP contribution in [0.5, 0.6) is 0 Å². The van der Waals surface area contributed by atoms with Crippen molar-refractivity contribution < 1.29 is 9.18 Å². The van der Waals surface area contributed by atoms with Crippen LogP contribution >= 0.6 is 0 Å². The van der Waals surface area contributed by atoms with Crippen molar-refractivity contribution in [1.29, 1.82) is 0 Å². The Morgan fingerprint density at radius 3 is 2.52 bits per heavy atom. The smallest absolute Gasteiger partial charge is 0.228 e. The molecular weight excluding hydrogens is 419 g/mol. The minimum absolute atomic E-state index is 0.0635. The summed E-state index contributed by atoms with van der Waals surface area (Å²) in [5.41, 5.74) is 4.24. The van der Waals surface area contributed by atoms with Crippen molar-refractivity contribution in [2.45, 2.75) is 32.6 Å². The summed E-state index contributed by atoms with van der Waals surface area (Å²) in [5, 5.41) is 6.95. The molecule has 0 unspecified atom stereocenters. The first-order chi connectivity index (χ1) is 15.9. The van der Waals surface area contributed by atoms with Gasteiger partial charge < -0.3 is 5.32 Å². The van der Waals surface area contributed by atoms with Crippen molar-refractivity contribution in [3.05, 3.63) is 89.8 Å². The number of amides is 1. The molecule has 0 saturated carbocycles. The number of anilines is 1. The van der Waals surface area contributed by atoms with Gasteiger partial charge in [0.2, 0.25) is 5.91 Å². The highest BCUT2D eigenvalue weighted by Crippen LogP contribution is 2.22. The Hall–Kier alpha value is -3.94. The van der Waals surface area contributed by atoms with Gasteiger partial charge in [-0.3, -0.25) is 14.5 Å². The van der Waals surface area contributed by atoms with E-state index in [0.29, 0.717) is 34.6 Å². The number of pyridine rings is 1. The zero-order chi connectivity index (χ0) is 23.4. The first-order valence-electron chi connectivity index (χ1n) is 10.7. The number of nitrogens with one attached hydrogen (secondary N) is 1. The third kappa shape index (κ3) is 5.65. The lowest BCUT2D eigenvalue weighted by atomic mass is 10.0. The van der Waals surface area contributed by atoms with Gasteiger partial charge in [0.1, 0.15) is 11.6 Å². The number of nitrogens with zero attached hydrogens (tertiary/aromatic N) is 5. The summed E-state index contributed by atoms with van der Waals surface area (Å²) >= 11 is 0. The predicted molar refractivity (Wildman–Crippen MR) is 124 cm³/mol. The molecule has 168 valence electrons. The van der Waals surface area contributed by atoms with E-state index >= 15 is 0 Å². The van der Waals surface area contributed by atoms with E-state index < -0.39 is 5.82 Å². The van der Waals surface area contributed by atoms with Gasteiger partial charge in [-0.25, -0.2) is 14.4 Å². The number of carbonyl (C=O) groups excluding carboxylic acids is 1. The minimum Gasteiger partial charge on any atom is -0.326 e. The Kier molecular flexibility index (Phi) is 6.53. The number of hydrogen-bond donors (Lipinski definition) is 1. The average Bonchev–Trinajstić information content (AvgIpc) is 3.20. The van der Waals surface area contributed by atoms with Crippen LogP contribution in [0.3, 0.4) is 0 Å². The topological polar surface area (TPSA) is 85.6 Å². The number of carbonyl (C=O) groups is 1. The highest BCUT2D eigenvalue weighted by atomic mass is 19.1. The van der Waals surface area contributed by atoms with Gasteiger partial charge in [0, 0.05) is 55.2 Å². The lowest BCUT2D eigenvalue weighted by Gasteiger charge is -2.10. The SMILES string of the molecule is CC(C)c1cc(NC(=O)Cc2ccc(-c3cnc(Cc4cnn(C)c4)nc3)cc2F)ccn1. The van der Waals surface area contributed by atoms with Crippen LogP contribution in [0.2, 0.25) is 0 Å². The fourth-order valence-electron chi connectivity index (χ4n) is 3.43. The van der Waals surface area contributed by atoms with Crippen LogP contribution in [0.1, 0.15) is 42.4 Å². The van der Waals surface area contributed by atoms with Gasteiger partial charge in [0.05, 0.1) is 12.6 Å². The van der Waals surface area contributed by atoms with Crippen LogP contribution in [0, 0.1) is 5.82 Å². The molecule has 4 aromatic rings. The number of aromatic nitrogens is 5. The minimum atomic E-state index is -0.445. The Balaban J connectivity index is 1.41. The molecule has 0 radical (unpaired) electrons. The van der Waals surface area contributed by atoms with Crippen molar-refractivity contribution in [2.75, 3.05) is 5.32 Å². The lowest BCUT2D eigenvalue weighted by Crippen LogP contribution is -2.15. The number of hydrogen-bond acceptors (Lipinski definition) is 5. The van der Waals surface area contributed by atoms with E-state index in [1.165, 1.54) is 6.07 Å². The maximum Gasteiger partial charge on any atom is 0.228 e. The summed E-state index contributed by atoms with van der Waals surface area (Å²) in [5.74, 6) is 0.183. The zero-order valence-corrected chi connectivity index (χ0v) is 18.8. The largest absolute Gasteiger partial charge is 0.326 e. The van der Waals surface area contributed by atoms with Gasteiger partial charge in [0.25, 0.3) is 0 Å². The molecule has 0 aliphatic rings. The van der Waals surface area contributed by atoms with Crippen molar-refractivity contribution in [2.24, 2.45) is 7.05 Å². The third-order valence-corrected chi connectivity index (χ3v) is 5.22. The first kappa shape index (κ1) is 22.3. The molecule has 7 nitrogen and oxygen atoms in total. The molecule has 0 bridgehead atoms. The predicted octanol–water partition coefficient (Wildman–Crippen LogP) is 4.31. The van der Waals surface area contributed by atoms with E-state index in [1.54, 1.807) is 47.7 Å². The molecule has 0 aliphatic heterocycles. The third-order valence-electron chi connectivity index (χ3n) is 5.22. The number of aryl methyl sites for hydroxylation is 1. The second-order valence-electron chi connectivity index (χ2n) is 8.24. The number of halogens is 1. The zero-order valence-electron chi connectivity index (χ0n) is 18.8. The maximum atomic E-state index is 14.7.